The third kappa shape index (κ3) is 3.92. The minimum absolute atomic E-state index is 0.0452. The van der Waals surface area contributed by atoms with Crippen LogP contribution in [0.25, 0.3) is 0 Å². The van der Waals surface area contributed by atoms with Gasteiger partial charge >= 0.3 is 0 Å². The molecule has 0 unspecified atom stereocenters. The summed E-state index contributed by atoms with van der Waals surface area (Å²) >= 11 is 0. The van der Waals surface area contributed by atoms with E-state index in [0.29, 0.717) is 31.7 Å². The van der Waals surface area contributed by atoms with E-state index in [0.717, 1.165) is 26.1 Å². The van der Waals surface area contributed by atoms with Gasteiger partial charge in [-0.15, -0.1) is 0 Å². The van der Waals surface area contributed by atoms with Crippen LogP contribution in [0.4, 0.5) is 0 Å². The van der Waals surface area contributed by atoms with Gasteiger partial charge in [0.15, 0.2) is 0 Å². The number of piperidine rings is 1. The number of nitrogens with zero attached hydrogens (tertiary/aromatic N) is 4. The summed E-state index contributed by atoms with van der Waals surface area (Å²) in [5.41, 5.74) is 1.17. The van der Waals surface area contributed by atoms with E-state index in [9.17, 15) is 8.42 Å². The topological polar surface area (TPSA) is 67.7 Å². The van der Waals surface area contributed by atoms with Gasteiger partial charge in [0.1, 0.15) is 0 Å². The third-order valence-electron chi connectivity index (χ3n) is 5.68. The van der Waals surface area contributed by atoms with Gasteiger partial charge in [-0.25, -0.2) is 12.7 Å². The fourth-order valence-corrected chi connectivity index (χ4v) is 5.16. The molecule has 0 aliphatic carbocycles. The van der Waals surface area contributed by atoms with E-state index < -0.39 is 10.0 Å². The highest BCUT2D eigenvalue weighted by Gasteiger charge is 2.51. The molecule has 25 heavy (non-hydrogen) atoms. The molecule has 0 saturated carbocycles. The maximum absolute atomic E-state index is 12.0. The van der Waals surface area contributed by atoms with Gasteiger partial charge in [0.25, 0.3) is 0 Å². The van der Waals surface area contributed by atoms with E-state index >= 15 is 0 Å². The van der Waals surface area contributed by atoms with Gasteiger partial charge in [-0.05, 0) is 32.7 Å². The van der Waals surface area contributed by atoms with Crippen LogP contribution in [-0.4, -0.2) is 73.6 Å². The van der Waals surface area contributed by atoms with Gasteiger partial charge in [-0.1, -0.05) is 0 Å². The maximum atomic E-state index is 12.0. The van der Waals surface area contributed by atoms with Gasteiger partial charge in [0, 0.05) is 56.5 Å². The van der Waals surface area contributed by atoms with Crippen molar-refractivity contribution in [1.29, 1.82) is 0 Å². The monoisotopic (exact) mass is 370 g/mol. The minimum atomic E-state index is -3.15. The number of hydrogen-bond donors (Lipinski definition) is 0. The molecule has 1 aromatic rings. The zero-order valence-electron chi connectivity index (χ0n) is 15.7. The first kappa shape index (κ1) is 18.8. The van der Waals surface area contributed by atoms with Gasteiger partial charge < -0.3 is 4.74 Å². The predicted octanol–water partition coefficient (Wildman–Crippen LogP) is 1.19. The van der Waals surface area contributed by atoms with Crippen LogP contribution in [0.3, 0.4) is 0 Å². The van der Waals surface area contributed by atoms with E-state index in [-0.39, 0.29) is 5.41 Å². The molecule has 0 amide bonds. The van der Waals surface area contributed by atoms with Crippen LogP contribution in [0, 0.1) is 11.3 Å². The third-order valence-corrected chi connectivity index (χ3v) is 6.89. The summed E-state index contributed by atoms with van der Waals surface area (Å²) in [6.45, 7) is 8.79. The summed E-state index contributed by atoms with van der Waals surface area (Å²) in [7, 11) is -1.44. The Kier molecular flexibility index (Phi) is 5.26. The Morgan fingerprint density at radius 1 is 1.40 bits per heavy atom. The van der Waals surface area contributed by atoms with E-state index in [2.05, 4.69) is 30.0 Å². The van der Waals surface area contributed by atoms with E-state index in [1.165, 1.54) is 11.8 Å². The van der Waals surface area contributed by atoms with Crippen molar-refractivity contribution in [1.82, 2.24) is 19.0 Å². The average Bonchev–Trinajstić information content (AvgIpc) is 3.12. The highest BCUT2D eigenvalue weighted by atomic mass is 32.2. The van der Waals surface area contributed by atoms with Crippen LogP contribution in [0.15, 0.2) is 12.4 Å². The largest absolute Gasteiger partial charge is 0.384 e. The zero-order chi connectivity index (χ0) is 18.2. The highest BCUT2D eigenvalue weighted by Crippen LogP contribution is 2.44. The normalized spacial score (nSPS) is 28.6. The second-order valence-electron chi connectivity index (χ2n) is 7.96. The molecule has 0 bridgehead atoms. The Hall–Kier alpha value is -0.960. The maximum Gasteiger partial charge on any atom is 0.211 e. The lowest BCUT2D eigenvalue weighted by Crippen LogP contribution is -2.48. The first-order chi connectivity index (χ1) is 11.7. The summed E-state index contributed by atoms with van der Waals surface area (Å²) in [6.07, 6.45) is 6.33. The van der Waals surface area contributed by atoms with Crippen molar-refractivity contribution >= 4 is 10.0 Å². The fraction of sp³-hybridized carbons (Fsp3) is 0.824. The average molecular weight is 371 g/mol. The number of methoxy groups -OCH3 is 1. The van der Waals surface area contributed by atoms with Crippen molar-refractivity contribution in [3.05, 3.63) is 18.0 Å². The van der Waals surface area contributed by atoms with Gasteiger partial charge in [-0.3, -0.25) is 9.58 Å². The van der Waals surface area contributed by atoms with Crippen LogP contribution >= 0.6 is 0 Å². The molecule has 0 N–H and O–H groups in total. The number of aromatic nitrogens is 2. The van der Waals surface area contributed by atoms with Crippen molar-refractivity contribution in [3.8, 4) is 0 Å². The van der Waals surface area contributed by atoms with Crippen molar-refractivity contribution in [2.45, 2.75) is 32.9 Å². The van der Waals surface area contributed by atoms with Crippen LogP contribution in [-0.2, 0) is 21.3 Å². The molecule has 3 rings (SSSR count). The van der Waals surface area contributed by atoms with Crippen molar-refractivity contribution < 1.29 is 13.2 Å². The number of ether oxygens (including phenoxy) is 1. The lowest BCUT2D eigenvalue weighted by molar-refractivity contribution is -0.00109. The second kappa shape index (κ2) is 6.98. The molecule has 3 heterocycles. The Labute approximate surface area is 151 Å². The van der Waals surface area contributed by atoms with Crippen molar-refractivity contribution in [2.24, 2.45) is 11.3 Å². The molecule has 142 valence electrons. The molecule has 2 atom stereocenters. The lowest BCUT2D eigenvalue weighted by atomic mass is 9.73. The van der Waals surface area contributed by atoms with E-state index in [1.807, 2.05) is 10.9 Å². The number of sulfonamides is 1. The SMILES string of the molecule is COC[C@@]12CCN(Cc3cnn(C(C)C)c3)C[C@@H]1CN(S(C)(=O)=O)C2. The Bertz CT molecular complexity index is 703. The molecule has 2 saturated heterocycles. The second-order valence-corrected chi connectivity index (χ2v) is 9.94. The summed E-state index contributed by atoms with van der Waals surface area (Å²) in [5, 5.41) is 4.42. The van der Waals surface area contributed by atoms with Gasteiger partial charge in [0.2, 0.25) is 10.0 Å². The smallest absolute Gasteiger partial charge is 0.211 e. The minimum Gasteiger partial charge on any atom is -0.384 e. The summed E-state index contributed by atoms with van der Waals surface area (Å²) in [4.78, 5) is 2.42. The molecule has 2 fully saturated rings. The molecule has 1 aromatic heterocycles. The van der Waals surface area contributed by atoms with Crippen LogP contribution in [0.1, 0.15) is 31.9 Å². The quantitative estimate of drug-likeness (QED) is 0.753. The number of likely N-dealkylation sites (tertiary alicyclic amines) is 1. The Morgan fingerprint density at radius 3 is 2.76 bits per heavy atom. The predicted molar refractivity (Wildman–Crippen MR) is 96.7 cm³/mol. The lowest BCUT2D eigenvalue weighted by Gasteiger charge is -2.43. The summed E-state index contributed by atoms with van der Waals surface area (Å²) < 4.78 is 33.1. The number of hydrogen-bond acceptors (Lipinski definition) is 5. The molecular formula is C17H30N4O3S. The van der Waals surface area contributed by atoms with Gasteiger partial charge in [0.05, 0.1) is 19.1 Å². The van der Waals surface area contributed by atoms with E-state index in [1.54, 1.807) is 11.4 Å². The Morgan fingerprint density at radius 2 is 2.16 bits per heavy atom. The number of rotatable bonds is 6. The first-order valence-corrected chi connectivity index (χ1v) is 10.8. The molecule has 0 aromatic carbocycles. The fourth-order valence-electron chi connectivity index (χ4n) is 4.22. The molecule has 8 heteroatoms. The molecule has 7 nitrogen and oxygen atoms in total. The molecule has 0 radical (unpaired) electrons. The first-order valence-electron chi connectivity index (χ1n) is 8.93. The molecular weight excluding hydrogens is 340 g/mol. The Balaban J connectivity index is 1.70. The molecule has 2 aliphatic rings. The molecule has 2 aliphatic heterocycles. The van der Waals surface area contributed by atoms with E-state index in [4.69, 9.17) is 4.74 Å². The van der Waals surface area contributed by atoms with Gasteiger partial charge in [-0.2, -0.15) is 5.10 Å². The molecule has 0 spiro atoms. The number of fused-ring (bicyclic) bond motifs is 1. The van der Waals surface area contributed by atoms with Crippen LogP contribution < -0.4 is 0 Å². The van der Waals surface area contributed by atoms with Crippen molar-refractivity contribution in [2.75, 3.05) is 46.2 Å². The zero-order valence-corrected chi connectivity index (χ0v) is 16.5. The highest BCUT2D eigenvalue weighted by molar-refractivity contribution is 7.88. The van der Waals surface area contributed by atoms with Crippen LogP contribution in [0.2, 0.25) is 0 Å². The summed E-state index contributed by atoms with van der Waals surface area (Å²) in [5.74, 6) is 0.316. The standard InChI is InChI=1S/C17H30N4O3S/c1-14(2)21-9-15(7-18-21)8-19-6-5-17(13-24-3)12-20(25(4,22)23)11-16(17)10-19/h7,9,14,16H,5-6,8,10-13H2,1-4H3/t16-,17+/m1/s1. The van der Waals surface area contributed by atoms with Crippen LogP contribution in [0.5, 0.6) is 0 Å². The van der Waals surface area contributed by atoms with Crippen molar-refractivity contribution in [3.63, 3.8) is 0 Å². The summed E-state index contributed by atoms with van der Waals surface area (Å²) in [6, 6.07) is 0.364.